The second kappa shape index (κ2) is 7.13. The number of aryl methyl sites for hydroxylation is 1. The predicted octanol–water partition coefficient (Wildman–Crippen LogP) is 3.53. The average Bonchev–Trinajstić information content (AvgIpc) is 2.70. The van der Waals surface area contributed by atoms with Crippen molar-refractivity contribution in [1.29, 1.82) is 0 Å². The molecule has 0 saturated heterocycles. The molecule has 1 aliphatic carbocycles. The molecule has 19 heavy (non-hydrogen) atoms. The molecular formula is C14H20Cl2N2O. The van der Waals surface area contributed by atoms with Crippen molar-refractivity contribution in [1.82, 2.24) is 0 Å². The number of benzene rings is 1. The van der Waals surface area contributed by atoms with Gasteiger partial charge in [0.15, 0.2) is 0 Å². The molecule has 2 atom stereocenters. The van der Waals surface area contributed by atoms with E-state index >= 15 is 0 Å². The van der Waals surface area contributed by atoms with E-state index in [4.69, 9.17) is 17.3 Å². The van der Waals surface area contributed by atoms with Gasteiger partial charge in [0.1, 0.15) is 0 Å². The molecule has 0 radical (unpaired) electrons. The summed E-state index contributed by atoms with van der Waals surface area (Å²) in [4.78, 5) is 11.9. The van der Waals surface area contributed by atoms with Crippen molar-refractivity contribution in [3.05, 3.63) is 28.8 Å². The Balaban J connectivity index is 0.00000180. The summed E-state index contributed by atoms with van der Waals surface area (Å²) in [5.41, 5.74) is 7.72. The van der Waals surface area contributed by atoms with Gasteiger partial charge < -0.3 is 11.1 Å². The first-order valence-electron chi connectivity index (χ1n) is 6.38. The Hall–Kier alpha value is -0.770. The first-order valence-corrected chi connectivity index (χ1v) is 6.75. The second-order valence-electron chi connectivity index (χ2n) is 5.07. The van der Waals surface area contributed by atoms with Crippen molar-refractivity contribution in [2.75, 3.05) is 5.32 Å². The van der Waals surface area contributed by atoms with Crippen LogP contribution in [0.5, 0.6) is 0 Å². The van der Waals surface area contributed by atoms with Crippen LogP contribution in [-0.2, 0) is 4.79 Å². The lowest BCUT2D eigenvalue weighted by Crippen LogP contribution is -2.28. The van der Waals surface area contributed by atoms with Gasteiger partial charge in [0.05, 0.1) is 0 Å². The van der Waals surface area contributed by atoms with Crippen LogP contribution in [-0.4, -0.2) is 11.9 Å². The highest BCUT2D eigenvalue weighted by Crippen LogP contribution is 2.27. The minimum Gasteiger partial charge on any atom is -0.327 e. The molecular weight excluding hydrogens is 283 g/mol. The fourth-order valence-corrected chi connectivity index (χ4v) is 2.62. The maximum Gasteiger partial charge on any atom is 0.224 e. The minimum atomic E-state index is 0. The zero-order valence-electron chi connectivity index (χ0n) is 11.0. The number of anilines is 1. The minimum absolute atomic E-state index is 0. The van der Waals surface area contributed by atoms with Crippen molar-refractivity contribution in [3.63, 3.8) is 0 Å². The number of carbonyl (C=O) groups is 1. The zero-order chi connectivity index (χ0) is 13.1. The van der Waals surface area contributed by atoms with Crippen LogP contribution in [0, 0.1) is 12.8 Å². The maximum atomic E-state index is 11.9. The van der Waals surface area contributed by atoms with Crippen molar-refractivity contribution < 1.29 is 4.79 Å². The average molecular weight is 303 g/mol. The van der Waals surface area contributed by atoms with E-state index in [9.17, 15) is 4.79 Å². The van der Waals surface area contributed by atoms with Crippen molar-refractivity contribution in [2.45, 2.75) is 38.6 Å². The SMILES string of the molecule is Cc1ccc(NC(=O)C[C@@H]2CCC[C@H]2N)cc1Cl.Cl. The number of halogens is 2. The Kier molecular flexibility index (Phi) is 6.11. The lowest BCUT2D eigenvalue weighted by molar-refractivity contribution is -0.117. The molecule has 0 bridgehead atoms. The highest BCUT2D eigenvalue weighted by Gasteiger charge is 2.25. The van der Waals surface area contributed by atoms with Gasteiger partial charge in [-0.05, 0) is 43.4 Å². The van der Waals surface area contributed by atoms with E-state index in [2.05, 4.69) is 5.32 Å². The number of hydrogen-bond donors (Lipinski definition) is 2. The molecule has 0 unspecified atom stereocenters. The smallest absolute Gasteiger partial charge is 0.224 e. The first kappa shape index (κ1) is 16.3. The van der Waals surface area contributed by atoms with Crippen LogP contribution in [0.3, 0.4) is 0 Å². The van der Waals surface area contributed by atoms with E-state index < -0.39 is 0 Å². The van der Waals surface area contributed by atoms with Crippen molar-refractivity contribution in [3.8, 4) is 0 Å². The van der Waals surface area contributed by atoms with Crippen LogP contribution in [0.1, 0.15) is 31.2 Å². The molecule has 1 aliphatic rings. The third-order valence-corrected chi connectivity index (χ3v) is 4.03. The summed E-state index contributed by atoms with van der Waals surface area (Å²) >= 11 is 6.02. The predicted molar refractivity (Wildman–Crippen MR) is 82.0 cm³/mol. The third kappa shape index (κ3) is 4.37. The quantitative estimate of drug-likeness (QED) is 0.897. The van der Waals surface area contributed by atoms with Gasteiger partial charge in [-0.15, -0.1) is 12.4 Å². The van der Waals surface area contributed by atoms with Gasteiger partial charge in [-0.1, -0.05) is 24.1 Å². The van der Waals surface area contributed by atoms with Crippen LogP contribution >= 0.6 is 24.0 Å². The number of carbonyl (C=O) groups excluding carboxylic acids is 1. The lowest BCUT2D eigenvalue weighted by Gasteiger charge is -2.15. The summed E-state index contributed by atoms with van der Waals surface area (Å²) in [5.74, 6) is 0.350. The molecule has 0 aromatic heterocycles. The summed E-state index contributed by atoms with van der Waals surface area (Å²) in [5, 5.41) is 3.55. The normalized spacial score (nSPS) is 21.8. The summed E-state index contributed by atoms with van der Waals surface area (Å²) < 4.78 is 0. The van der Waals surface area contributed by atoms with E-state index in [0.717, 1.165) is 30.5 Å². The molecule has 106 valence electrons. The topological polar surface area (TPSA) is 55.1 Å². The van der Waals surface area contributed by atoms with Gasteiger partial charge in [-0.25, -0.2) is 0 Å². The maximum absolute atomic E-state index is 11.9. The molecule has 1 aromatic rings. The van der Waals surface area contributed by atoms with Crippen molar-refractivity contribution in [2.24, 2.45) is 11.7 Å². The molecule has 0 heterocycles. The zero-order valence-corrected chi connectivity index (χ0v) is 12.6. The molecule has 5 heteroatoms. The number of amides is 1. The molecule has 1 amide bonds. The molecule has 1 aromatic carbocycles. The fourth-order valence-electron chi connectivity index (χ4n) is 2.44. The van der Waals surface area contributed by atoms with Crippen molar-refractivity contribution >= 4 is 35.6 Å². The van der Waals surface area contributed by atoms with E-state index in [1.165, 1.54) is 0 Å². The summed E-state index contributed by atoms with van der Waals surface area (Å²) in [6, 6.07) is 5.73. The molecule has 3 nitrogen and oxygen atoms in total. The van der Waals surface area contributed by atoms with E-state index in [-0.39, 0.29) is 24.4 Å². The molecule has 2 rings (SSSR count). The monoisotopic (exact) mass is 302 g/mol. The van der Waals surface area contributed by atoms with Gasteiger partial charge in [0.2, 0.25) is 5.91 Å². The summed E-state index contributed by atoms with van der Waals surface area (Å²) in [7, 11) is 0. The molecule has 1 fully saturated rings. The number of nitrogens with one attached hydrogen (secondary N) is 1. The van der Waals surface area contributed by atoms with Gasteiger partial charge in [0.25, 0.3) is 0 Å². The van der Waals surface area contributed by atoms with Crippen LogP contribution in [0.25, 0.3) is 0 Å². The standard InChI is InChI=1S/C14H19ClN2O.ClH/c1-9-5-6-11(8-12(9)15)17-14(18)7-10-3-2-4-13(10)16;/h5-6,8,10,13H,2-4,7,16H2,1H3,(H,17,18);1H/t10-,13+;/m0./s1. The Labute approximate surface area is 125 Å². The Morgan fingerprint density at radius 1 is 1.47 bits per heavy atom. The Morgan fingerprint density at radius 2 is 2.21 bits per heavy atom. The lowest BCUT2D eigenvalue weighted by atomic mass is 10.00. The molecule has 1 saturated carbocycles. The highest BCUT2D eigenvalue weighted by atomic mass is 35.5. The number of nitrogens with two attached hydrogens (primary N) is 1. The van der Waals surface area contributed by atoms with Crippen LogP contribution < -0.4 is 11.1 Å². The highest BCUT2D eigenvalue weighted by molar-refractivity contribution is 6.31. The van der Waals surface area contributed by atoms with Crippen LogP contribution in [0.2, 0.25) is 5.02 Å². The fraction of sp³-hybridized carbons (Fsp3) is 0.500. The number of rotatable bonds is 3. The van der Waals surface area contributed by atoms with E-state index in [0.29, 0.717) is 17.4 Å². The molecule has 3 N–H and O–H groups in total. The van der Waals surface area contributed by atoms with Crippen LogP contribution in [0.15, 0.2) is 18.2 Å². The van der Waals surface area contributed by atoms with Gasteiger partial charge >= 0.3 is 0 Å². The summed E-state index contributed by atoms with van der Waals surface area (Å²) in [6.45, 7) is 1.94. The van der Waals surface area contributed by atoms with E-state index in [1.807, 2.05) is 19.1 Å². The largest absolute Gasteiger partial charge is 0.327 e. The van der Waals surface area contributed by atoms with E-state index in [1.54, 1.807) is 6.07 Å². The number of hydrogen-bond acceptors (Lipinski definition) is 2. The Morgan fingerprint density at radius 3 is 2.79 bits per heavy atom. The van der Waals surface area contributed by atoms with Crippen LogP contribution in [0.4, 0.5) is 5.69 Å². The third-order valence-electron chi connectivity index (χ3n) is 3.62. The van der Waals surface area contributed by atoms with Gasteiger partial charge in [-0.2, -0.15) is 0 Å². The second-order valence-corrected chi connectivity index (χ2v) is 5.48. The summed E-state index contributed by atoms with van der Waals surface area (Å²) in [6.07, 6.45) is 3.74. The first-order chi connectivity index (χ1) is 8.56. The Bertz CT molecular complexity index is 451. The molecule has 0 aliphatic heterocycles. The van der Waals surface area contributed by atoms with Gasteiger partial charge in [-0.3, -0.25) is 4.79 Å². The molecule has 0 spiro atoms. The van der Waals surface area contributed by atoms with Gasteiger partial charge in [0, 0.05) is 23.2 Å².